The molecule has 0 aliphatic heterocycles. The summed E-state index contributed by atoms with van der Waals surface area (Å²) in [6.45, 7) is -0.149. The van der Waals surface area contributed by atoms with Crippen molar-refractivity contribution in [3.8, 4) is 0 Å². The summed E-state index contributed by atoms with van der Waals surface area (Å²) in [4.78, 5) is 29.1. The molecular weight excluding hydrogens is 409 g/mol. The first-order valence-electron chi connectivity index (χ1n) is 10.2. The van der Waals surface area contributed by atoms with Gasteiger partial charge in [0.25, 0.3) is 5.91 Å². The maximum absolute atomic E-state index is 13.2. The van der Waals surface area contributed by atoms with Crippen LogP contribution in [0.1, 0.15) is 21.5 Å². The molecule has 162 valence electrons. The van der Waals surface area contributed by atoms with Crippen molar-refractivity contribution in [1.29, 1.82) is 0 Å². The van der Waals surface area contributed by atoms with Crippen LogP contribution in [0.15, 0.2) is 79.0 Å². The molecule has 32 heavy (non-hydrogen) atoms. The third-order valence-corrected chi connectivity index (χ3v) is 5.20. The number of anilines is 1. The lowest BCUT2D eigenvalue weighted by Gasteiger charge is -2.19. The number of aliphatic hydroxyl groups excluding tert-OH is 1. The minimum atomic E-state index is -0.885. The minimum Gasteiger partial charge on any atom is -0.392 e. The number of benzene rings is 3. The Balaban J connectivity index is 1.59. The van der Waals surface area contributed by atoms with Gasteiger partial charge in [-0.25, -0.2) is 4.39 Å². The van der Waals surface area contributed by atoms with Crippen LogP contribution in [0.2, 0.25) is 0 Å². The third-order valence-electron chi connectivity index (χ3n) is 5.20. The number of H-pyrrole nitrogens is 1. The molecule has 4 aromatic rings. The summed E-state index contributed by atoms with van der Waals surface area (Å²) < 4.78 is 13.2. The Hall–Kier alpha value is -3.97. The second-order valence-electron chi connectivity index (χ2n) is 7.44. The zero-order valence-corrected chi connectivity index (χ0v) is 17.1. The standard InChI is InChI=1S/C25H22FN3O3/c26-19-10-8-17(9-11-19)24(31)29-23(13-18-14-27-22-7-2-1-6-21(18)22)25(32)28-20-5-3-4-16(12-20)15-30/h1-12,14,23,27,30H,13,15H2,(H,28,32)(H,29,31)/t23-/m1/s1. The molecule has 4 N–H and O–H groups in total. The average Bonchev–Trinajstić information content (AvgIpc) is 3.22. The van der Waals surface area contributed by atoms with Crippen LogP contribution in [-0.4, -0.2) is 27.9 Å². The van der Waals surface area contributed by atoms with E-state index in [1.54, 1.807) is 24.3 Å². The zero-order chi connectivity index (χ0) is 22.5. The molecule has 2 amide bonds. The Labute approximate surface area is 184 Å². The number of aromatic amines is 1. The quantitative estimate of drug-likeness (QED) is 0.359. The predicted molar refractivity (Wildman–Crippen MR) is 121 cm³/mol. The lowest BCUT2D eigenvalue weighted by Crippen LogP contribution is -2.45. The normalized spacial score (nSPS) is 11.8. The van der Waals surface area contributed by atoms with Crippen LogP contribution < -0.4 is 10.6 Å². The van der Waals surface area contributed by atoms with Crippen molar-refractivity contribution in [2.45, 2.75) is 19.1 Å². The van der Waals surface area contributed by atoms with Crippen LogP contribution >= 0.6 is 0 Å². The van der Waals surface area contributed by atoms with Crippen LogP contribution in [0.25, 0.3) is 10.9 Å². The van der Waals surface area contributed by atoms with Crippen LogP contribution in [0.3, 0.4) is 0 Å². The molecule has 0 fully saturated rings. The highest BCUT2D eigenvalue weighted by atomic mass is 19.1. The van der Waals surface area contributed by atoms with Gasteiger partial charge < -0.3 is 20.7 Å². The van der Waals surface area contributed by atoms with Crippen molar-refractivity contribution in [2.24, 2.45) is 0 Å². The van der Waals surface area contributed by atoms with E-state index in [0.717, 1.165) is 16.5 Å². The second kappa shape index (κ2) is 9.45. The summed E-state index contributed by atoms with van der Waals surface area (Å²) in [7, 11) is 0. The Morgan fingerprint density at radius 2 is 1.78 bits per heavy atom. The molecule has 0 aliphatic rings. The number of para-hydroxylation sites is 1. The molecule has 0 radical (unpaired) electrons. The monoisotopic (exact) mass is 431 g/mol. The molecule has 0 saturated carbocycles. The van der Waals surface area contributed by atoms with Gasteiger partial charge in [0.2, 0.25) is 5.91 Å². The predicted octanol–water partition coefficient (Wildman–Crippen LogP) is 3.78. The Kier molecular flexibility index (Phi) is 6.28. The van der Waals surface area contributed by atoms with Gasteiger partial charge in [-0.15, -0.1) is 0 Å². The molecule has 0 aliphatic carbocycles. The maximum atomic E-state index is 13.2. The van der Waals surface area contributed by atoms with E-state index >= 15 is 0 Å². The molecule has 0 bridgehead atoms. The molecule has 0 spiro atoms. The number of carbonyl (C=O) groups is 2. The van der Waals surface area contributed by atoms with Gasteiger partial charge in [-0.1, -0.05) is 30.3 Å². The molecule has 0 saturated heterocycles. The molecule has 4 rings (SSSR count). The fraction of sp³-hybridized carbons (Fsp3) is 0.120. The van der Waals surface area contributed by atoms with Crippen molar-refractivity contribution < 1.29 is 19.1 Å². The van der Waals surface area contributed by atoms with Gasteiger partial charge in [0, 0.05) is 34.8 Å². The van der Waals surface area contributed by atoms with Crippen molar-refractivity contribution in [3.63, 3.8) is 0 Å². The smallest absolute Gasteiger partial charge is 0.251 e. The number of amides is 2. The van der Waals surface area contributed by atoms with E-state index in [0.29, 0.717) is 11.3 Å². The van der Waals surface area contributed by atoms with Gasteiger partial charge in [-0.3, -0.25) is 9.59 Å². The van der Waals surface area contributed by atoms with Crippen LogP contribution in [0.5, 0.6) is 0 Å². The lowest BCUT2D eigenvalue weighted by molar-refractivity contribution is -0.118. The number of hydrogen-bond donors (Lipinski definition) is 4. The van der Waals surface area contributed by atoms with Crippen molar-refractivity contribution in [2.75, 3.05) is 5.32 Å². The largest absolute Gasteiger partial charge is 0.392 e. The molecule has 6 nitrogen and oxygen atoms in total. The fourth-order valence-electron chi connectivity index (χ4n) is 3.55. The number of rotatable bonds is 7. The second-order valence-corrected chi connectivity index (χ2v) is 7.44. The highest BCUT2D eigenvalue weighted by molar-refractivity contribution is 6.01. The number of aromatic nitrogens is 1. The number of halogens is 1. The van der Waals surface area contributed by atoms with Crippen LogP contribution in [-0.2, 0) is 17.8 Å². The molecule has 3 aromatic carbocycles. The fourth-order valence-corrected chi connectivity index (χ4v) is 3.55. The first-order chi connectivity index (χ1) is 15.5. The van der Waals surface area contributed by atoms with Crippen LogP contribution in [0.4, 0.5) is 10.1 Å². The number of hydrogen-bond acceptors (Lipinski definition) is 3. The number of carbonyl (C=O) groups excluding carboxylic acids is 2. The maximum Gasteiger partial charge on any atom is 0.251 e. The summed E-state index contributed by atoms with van der Waals surface area (Å²) in [5.41, 5.74) is 3.24. The summed E-state index contributed by atoms with van der Waals surface area (Å²) >= 11 is 0. The highest BCUT2D eigenvalue weighted by Gasteiger charge is 2.23. The molecule has 1 heterocycles. The van der Waals surface area contributed by atoms with Crippen LogP contribution in [0, 0.1) is 5.82 Å². The topological polar surface area (TPSA) is 94.2 Å². The van der Waals surface area contributed by atoms with Crippen molar-refractivity contribution >= 4 is 28.4 Å². The summed E-state index contributed by atoms with van der Waals surface area (Å²) in [5.74, 6) is -1.33. The van der Waals surface area contributed by atoms with Gasteiger partial charge in [0.05, 0.1) is 6.61 Å². The first kappa shape index (κ1) is 21.3. The van der Waals surface area contributed by atoms with Gasteiger partial charge in [-0.2, -0.15) is 0 Å². The zero-order valence-electron chi connectivity index (χ0n) is 17.1. The highest BCUT2D eigenvalue weighted by Crippen LogP contribution is 2.20. The Bertz CT molecular complexity index is 1250. The van der Waals surface area contributed by atoms with E-state index in [9.17, 15) is 19.1 Å². The number of aliphatic hydroxyl groups is 1. The van der Waals surface area contributed by atoms with Gasteiger partial charge >= 0.3 is 0 Å². The van der Waals surface area contributed by atoms with Gasteiger partial charge in [0.1, 0.15) is 11.9 Å². The van der Waals surface area contributed by atoms with Gasteiger partial charge in [0.15, 0.2) is 0 Å². The molecule has 0 unspecified atom stereocenters. The molecule has 1 atom stereocenters. The van der Waals surface area contributed by atoms with Crippen molar-refractivity contribution in [1.82, 2.24) is 10.3 Å². The van der Waals surface area contributed by atoms with E-state index in [-0.39, 0.29) is 18.6 Å². The van der Waals surface area contributed by atoms with E-state index in [1.807, 2.05) is 30.5 Å². The van der Waals surface area contributed by atoms with E-state index < -0.39 is 23.7 Å². The van der Waals surface area contributed by atoms with E-state index in [2.05, 4.69) is 15.6 Å². The SMILES string of the molecule is O=C(N[C@H](Cc1c[nH]c2ccccc12)C(=O)Nc1cccc(CO)c1)c1ccc(F)cc1. The average molecular weight is 431 g/mol. The van der Waals surface area contributed by atoms with E-state index in [1.165, 1.54) is 24.3 Å². The summed E-state index contributed by atoms with van der Waals surface area (Å²) in [5, 5.41) is 15.9. The molecule has 7 heteroatoms. The van der Waals surface area contributed by atoms with Gasteiger partial charge in [-0.05, 0) is 53.6 Å². The Morgan fingerprint density at radius 3 is 2.56 bits per heavy atom. The third kappa shape index (κ3) is 4.84. The molecule has 1 aromatic heterocycles. The first-order valence-corrected chi connectivity index (χ1v) is 10.2. The van der Waals surface area contributed by atoms with Crippen molar-refractivity contribution in [3.05, 3.63) is 102 Å². The Morgan fingerprint density at radius 1 is 1.00 bits per heavy atom. The summed E-state index contributed by atoms with van der Waals surface area (Å²) in [6.07, 6.45) is 2.07. The van der Waals surface area contributed by atoms with E-state index in [4.69, 9.17) is 0 Å². The lowest BCUT2D eigenvalue weighted by atomic mass is 10.0. The summed E-state index contributed by atoms with van der Waals surface area (Å²) in [6, 6.07) is 18.8. The molecular formula is C25H22FN3O3. The number of fused-ring (bicyclic) bond motifs is 1. The minimum absolute atomic E-state index is 0.149. The number of nitrogens with one attached hydrogen (secondary N) is 3.